The van der Waals surface area contributed by atoms with E-state index in [1.54, 1.807) is 10.8 Å². The molecule has 5 rings (SSSR count). The predicted molar refractivity (Wildman–Crippen MR) is 144 cm³/mol. The molecule has 0 radical (unpaired) electrons. The fourth-order valence-corrected chi connectivity index (χ4v) is 5.68. The highest BCUT2D eigenvalue weighted by Gasteiger charge is 2.40. The van der Waals surface area contributed by atoms with Gasteiger partial charge in [0.1, 0.15) is 18.1 Å². The molecule has 1 aliphatic heterocycles. The number of halogens is 3. The summed E-state index contributed by atoms with van der Waals surface area (Å²) in [5.74, 6) is -1.38. The zero-order valence-corrected chi connectivity index (χ0v) is 23.2. The summed E-state index contributed by atoms with van der Waals surface area (Å²) in [6.45, 7) is 9.12. The van der Waals surface area contributed by atoms with Crippen molar-refractivity contribution < 1.29 is 23.0 Å². The van der Waals surface area contributed by atoms with Gasteiger partial charge < -0.3 is 18.8 Å². The van der Waals surface area contributed by atoms with E-state index in [1.165, 1.54) is 30.8 Å². The van der Waals surface area contributed by atoms with Crippen molar-refractivity contribution in [3.8, 4) is 11.5 Å². The molecule has 6 nitrogen and oxygen atoms in total. The third kappa shape index (κ3) is 5.83. The number of aliphatic imine (C=N–C) groups is 1. The molecule has 2 aromatic heterocycles. The van der Waals surface area contributed by atoms with E-state index in [0.29, 0.717) is 40.7 Å². The van der Waals surface area contributed by atoms with Crippen molar-refractivity contribution in [2.24, 2.45) is 10.4 Å². The Morgan fingerprint density at radius 3 is 2.57 bits per heavy atom. The predicted octanol–water partition coefficient (Wildman–Crippen LogP) is 7.21. The Bertz CT molecular complexity index is 1310. The lowest BCUT2D eigenvalue weighted by molar-refractivity contribution is 0.0445. The molecule has 10 heteroatoms. The van der Waals surface area contributed by atoms with E-state index in [9.17, 15) is 0 Å². The van der Waals surface area contributed by atoms with Gasteiger partial charge in [-0.25, -0.2) is 13.8 Å². The normalized spacial score (nSPS) is 17.0. The molecule has 198 valence electrons. The third-order valence-corrected chi connectivity index (χ3v) is 9.07. The number of hydrogen-bond acceptors (Lipinski definition) is 5. The minimum atomic E-state index is -1.21. The highest BCUT2D eigenvalue weighted by atomic mass is 35.5. The molecule has 0 amide bonds. The Morgan fingerprint density at radius 1 is 1.19 bits per heavy atom. The van der Waals surface area contributed by atoms with E-state index in [1.807, 2.05) is 0 Å². The maximum absolute atomic E-state index is 15.0. The van der Waals surface area contributed by atoms with Crippen LogP contribution in [0.3, 0.4) is 0 Å². The summed E-state index contributed by atoms with van der Waals surface area (Å²) in [6, 6.07) is 5.10. The van der Waals surface area contributed by atoms with Crippen LogP contribution in [-0.4, -0.2) is 43.3 Å². The maximum atomic E-state index is 15.0. The Balaban J connectivity index is 1.31. The second-order valence-corrected chi connectivity index (χ2v) is 17.4. The summed E-state index contributed by atoms with van der Waals surface area (Å²) < 4.78 is 49.2. The second-order valence-electron chi connectivity index (χ2n) is 11.3. The average molecular weight is 548 g/mol. The zero-order valence-electron chi connectivity index (χ0n) is 21.5. The lowest BCUT2D eigenvalue weighted by atomic mass is 9.69. The number of rotatable bonds is 9. The molecule has 3 heterocycles. The monoisotopic (exact) mass is 547 g/mol. The number of ether oxygens (including phenoxy) is 3. The van der Waals surface area contributed by atoms with E-state index in [2.05, 4.69) is 29.6 Å². The smallest absolute Gasteiger partial charge is 0.198 e. The molecule has 3 aromatic rings. The number of pyridine rings is 1. The molecule has 0 atom stereocenters. The summed E-state index contributed by atoms with van der Waals surface area (Å²) in [5, 5.41) is 0.830. The molecule has 1 saturated carbocycles. The molecule has 1 aliphatic carbocycles. The highest BCUT2D eigenvalue weighted by Crippen LogP contribution is 2.43. The van der Waals surface area contributed by atoms with Crippen LogP contribution in [0.15, 0.2) is 35.6 Å². The first-order valence-corrected chi connectivity index (χ1v) is 16.7. The molecule has 2 aliphatic rings. The van der Waals surface area contributed by atoms with Crippen LogP contribution in [0.1, 0.15) is 24.8 Å². The first-order valence-electron chi connectivity index (χ1n) is 12.7. The topological polar surface area (TPSA) is 57.9 Å². The summed E-state index contributed by atoms with van der Waals surface area (Å²) in [5.41, 5.74) is 1.13. The lowest BCUT2D eigenvalue weighted by Crippen LogP contribution is -2.41. The van der Waals surface area contributed by atoms with Gasteiger partial charge in [0.2, 0.25) is 0 Å². The Labute approximate surface area is 221 Å². The zero-order chi connectivity index (χ0) is 26.2. The van der Waals surface area contributed by atoms with Gasteiger partial charge in [-0.05, 0) is 42.6 Å². The van der Waals surface area contributed by atoms with Gasteiger partial charge in [-0.3, -0.25) is 4.99 Å². The molecule has 1 fully saturated rings. The average Bonchev–Trinajstić information content (AvgIpc) is 3.14. The van der Waals surface area contributed by atoms with E-state index in [0.717, 1.165) is 25.4 Å². The largest absolute Gasteiger partial charge is 0.480 e. The number of benzene rings is 1. The van der Waals surface area contributed by atoms with Gasteiger partial charge in [0.25, 0.3) is 0 Å². The fourth-order valence-electron chi connectivity index (χ4n) is 4.63. The first kappa shape index (κ1) is 26.1. The Kier molecular flexibility index (Phi) is 7.30. The number of aromatic nitrogens is 2. The quantitative estimate of drug-likeness (QED) is 0.210. The van der Waals surface area contributed by atoms with Crippen molar-refractivity contribution in [3.63, 3.8) is 0 Å². The first-order chi connectivity index (χ1) is 17.6. The van der Waals surface area contributed by atoms with E-state index in [-0.39, 0.29) is 24.3 Å². The molecule has 37 heavy (non-hydrogen) atoms. The van der Waals surface area contributed by atoms with Crippen LogP contribution in [0.5, 0.6) is 11.5 Å². The van der Waals surface area contributed by atoms with Gasteiger partial charge in [-0.1, -0.05) is 37.7 Å². The van der Waals surface area contributed by atoms with Crippen LogP contribution < -0.4 is 4.74 Å². The Hall–Kier alpha value is -2.49. The van der Waals surface area contributed by atoms with Crippen molar-refractivity contribution >= 4 is 36.6 Å². The Morgan fingerprint density at radius 2 is 1.95 bits per heavy atom. The van der Waals surface area contributed by atoms with Crippen molar-refractivity contribution in [2.75, 3.05) is 19.8 Å². The van der Waals surface area contributed by atoms with E-state index < -0.39 is 25.5 Å². The molecular weight excluding hydrogens is 516 g/mol. The third-order valence-electron chi connectivity index (χ3n) is 7.08. The van der Waals surface area contributed by atoms with Gasteiger partial charge in [0.05, 0.1) is 23.6 Å². The minimum Gasteiger partial charge on any atom is -0.480 e. The van der Waals surface area contributed by atoms with Gasteiger partial charge >= 0.3 is 0 Å². The van der Waals surface area contributed by atoms with Crippen molar-refractivity contribution in [1.29, 1.82) is 0 Å². The minimum absolute atomic E-state index is 0.175. The molecule has 0 bridgehead atoms. The van der Waals surface area contributed by atoms with Crippen molar-refractivity contribution in [1.82, 2.24) is 9.55 Å². The van der Waals surface area contributed by atoms with Crippen LogP contribution >= 0.6 is 11.6 Å². The highest BCUT2D eigenvalue weighted by molar-refractivity contribution is 6.76. The lowest BCUT2D eigenvalue weighted by Gasteiger charge is -2.42. The van der Waals surface area contributed by atoms with Crippen LogP contribution in [0.25, 0.3) is 11.0 Å². The van der Waals surface area contributed by atoms with E-state index in [4.69, 9.17) is 25.8 Å². The standard InChI is InChI=1S/C27H32ClF2N3O3Si/c1-37(2,3)10-9-34-17-33-14-19(28)24-22(5-8-31-26(24)33)36-25-20(29)11-18(12-21(25)30)13-23-32-15-27(16-35-23)6-4-7-27/h5,8,11-12,14H,4,6-7,9-10,13,15-17H2,1-3H3. The van der Waals surface area contributed by atoms with Gasteiger partial charge in [0, 0.05) is 38.9 Å². The van der Waals surface area contributed by atoms with Gasteiger partial charge in [-0.2, -0.15) is 0 Å². The van der Waals surface area contributed by atoms with Crippen LogP contribution in [0, 0.1) is 17.0 Å². The van der Waals surface area contributed by atoms with Gasteiger partial charge in [-0.15, -0.1) is 0 Å². The number of fused-ring (bicyclic) bond motifs is 1. The van der Waals surface area contributed by atoms with E-state index >= 15 is 8.78 Å². The number of nitrogens with zero attached hydrogens (tertiary/aromatic N) is 3. The molecule has 1 aromatic carbocycles. The molecule has 0 saturated heterocycles. The van der Waals surface area contributed by atoms with Crippen LogP contribution in [0.4, 0.5) is 8.78 Å². The van der Waals surface area contributed by atoms with Crippen LogP contribution in [-0.2, 0) is 22.6 Å². The molecule has 0 unspecified atom stereocenters. The molecule has 1 spiro atoms. The van der Waals surface area contributed by atoms with Crippen LogP contribution in [0.2, 0.25) is 30.7 Å². The van der Waals surface area contributed by atoms with Gasteiger partial charge in [0.15, 0.2) is 23.3 Å². The summed E-state index contributed by atoms with van der Waals surface area (Å²) >= 11 is 6.48. The summed E-state index contributed by atoms with van der Waals surface area (Å²) in [6.07, 6.45) is 6.90. The molecular formula is C27H32ClF2N3O3Si. The SMILES string of the molecule is C[Si](C)(C)CCOCn1cc(Cl)c2c(Oc3c(F)cc(CC4=NCC5(CCC5)CO4)cc3F)ccnc21. The summed E-state index contributed by atoms with van der Waals surface area (Å²) in [7, 11) is -1.21. The second kappa shape index (κ2) is 10.3. The maximum Gasteiger partial charge on any atom is 0.198 e. The number of hydrogen-bond donors (Lipinski definition) is 0. The fraction of sp³-hybridized carbons (Fsp3) is 0.481. The molecule has 0 N–H and O–H groups in total. The summed E-state index contributed by atoms with van der Waals surface area (Å²) in [4.78, 5) is 8.91. The van der Waals surface area contributed by atoms with Crippen molar-refractivity contribution in [3.05, 3.63) is 52.8 Å². The van der Waals surface area contributed by atoms with Crippen molar-refractivity contribution in [2.45, 2.75) is 58.1 Å².